The summed E-state index contributed by atoms with van der Waals surface area (Å²) in [6, 6.07) is 10.8. The molecule has 2 atom stereocenters. The van der Waals surface area contributed by atoms with E-state index in [0.717, 1.165) is 17.9 Å². The molecule has 0 aliphatic heterocycles. The number of anilines is 1. The second kappa shape index (κ2) is 10.8. The fraction of sp³-hybridized carbons (Fsp3) is 0.292. The molecule has 0 aliphatic carbocycles. The standard InChI is InChI=1S/C24H27F2N3O4S2/c1-24(2,3)34(30)28-21(14-16-10-12-27-13-11-16)19-8-9-20(25)23(22(19)26)33-18-7-5-6-17(15-18)29-35(4,31)32/h5-13,15,21,28-29H,14H2,1-4H3/t21?,34-/m0/s1. The van der Waals surface area contributed by atoms with Crippen molar-refractivity contribution < 1.29 is 26.1 Å². The van der Waals surface area contributed by atoms with Crippen LogP contribution in [0.2, 0.25) is 0 Å². The molecular formula is C24H27F2N3O4S2. The Kier molecular flexibility index (Phi) is 8.24. The third kappa shape index (κ3) is 7.55. The number of ether oxygens (including phenoxy) is 1. The Bertz CT molecular complexity index is 1310. The van der Waals surface area contributed by atoms with E-state index in [2.05, 4.69) is 14.4 Å². The first kappa shape index (κ1) is 26.7. The number of halogens is 2. The third-order valence-electron chi connectivity index (χ3n) is 4.81. The number of aromatic nitrogens is 1. The zero-order chi connectivity index (χ0) is 25.8. The van der Waals surface area contributed by atoms with Gasteiger partial charge in [0.2, 0.25) is 10.0 Å². The molecule has 0 spiro atoms. The van der Waals surface area contributed by atoms with Gasteiger partial charge in [0.15, 0.2) is 17.4 Å². The van der Waals surface area contributed by atoms with E-state index in [-0.39, 0.29) is 23.4 Å². The average molecular weight is 524 g/mol. The highest BCUT2D eigenvalue weighted by molar-refractivity contribution is 7.92. The molecule has 0 amide bonds. The van der Waals surface area contributed by atoms with Crippen molar-refractivity contribution in [2.24, 2.45) is 0 Å². The molecule has 188 valence electrons. The summed E-state index contributed by atoms with van der Waals surface area (Å²) < 4.78 is 76.3. The van der Waals surface area contributed by atoms with Crippen LogP contribution < -0.4 is 14.2 Å². The first-order valence-electron chi connectivity index (χ1n) is 10.6. The molecule has 11 heteroatoms. The van der Waals surface area contributed by atoms with Crippen molar-refractivity contribution in [1.82, 2.24) is 9.71 Å². The predicted molar refractivity (Wildman–Crippen MR) is 133 cm³/mol. The number of hydrogen-bond donors (Lipinski definition) is 2. The smallest absolute Gasteiger partial charge is 0.229 e. The van der Waals surface area contributed by atoms with Crippen molar-refractivity contribution in [3.63, 3.8) is 0 Å². The third-order valence-corrected chi connectivity index (χ3v) is 7.02. The van der Waals surface area contributed by atoms with Crippen molar-refractivity contribution >= 4 is 26.7 Å². The first-order valence-corrected chi connectivity index (χ1v) is 13.7. The molecule has 0 saturated carbocycles. The Hall–Kier alpha value is -2.89. The van der Waals surface area contributed by atoms with E-state index >= 15 is 4.39 Å². The van der Waals surface area contributed by atoms with Crippen molar-refractivity contribution in [2.75, 3.05) is 11.0 Å². The predicted octanol–water partition coefficient (Wildman–Crippen LogP) is 4.86. The molecule has 1 heterocycles. The van der Waals surface area contributed by atoms with Gasteiger partial charge in [0.05, 0.1) is 33.7 Å². The number of hydrogen-bond acceptors (Lipinski definition) is 5. The van der Waals surface area contributed by atoms with Gasteiger partial charge >= 0.3 is 0 Å². The summed E-state index contributed by atoms with van der Waals surface area (Å²) in [6.45, 7) is 5.35. The zero-order valence-corrected chi connectivity index (χ0v) is 21.3. The zero-order valence-electron chi connectivity index (χ0n) is 19.7. The molecule has 0 radical (unpaired) electrons. The second-order valence-corrected chi connectivity index (χ2v) is 12.6. The van der Waals surface area contributed by atoms with Gasteiger partial charge in [-0.15, -0.1) is 0 Å². The Morgan fingerprint density at radius 2 is 1.77 bits per heavy atom. The molecule has 7 nitrogen and oxygen atoms in total. The SMILES string of the molecule is CC(C)(C)[S@](=O)NC(Cc1ccncc1)c1ccc(F)c(Oc2cccc(NS(C)(=O)=O)c2)c1F. The fourth-order valence-electron chi connectivity index (χ4n) is 3.14. The van der Waals surface area contributed by atoms with Gasteiger partial charge in [-0.2, -0.15) is 0 Å². The van der Waals surface area contributed by atoms with E-state index in [1.807, 2.05) is 0 Å². The van der Waals surface area contributed by atoms with E-state index in [4.69, 9.17) is 4.74 Å². The Morgan fingerprint density at radius 3 is 2.40 bits per heavy atom. The molecule has 2 aromatic carbocycles. The highest BCUT2D eigenvalue weighted by Crippen LogP contribution is 2.34. The maximum Gasteiger partial charge on any atom is 0.229 e. The lowest BCUT2D eigenvalue weighted by Crippen LogP contribution is -2.37. The van der Waals surface area contributed by atoms with E-state index in [9.17, 15) is 17.0 Å². The first-order chi connectivity index (χ1) is 16.3. The largest absolute Gasteiger partial charge is 0.451 e. The summed E-state index contributed by atoms with van der Waals surface area (Å²) in [5.41, 5.74) is 1.06. The van der Waals surface area contributed by atoms with Crippen LogP contribution in [0.5, 0.6) is 11.5 Å². The van der Waals surface area contributed by atoms with Crippen LogP contribution in [0, 0.1) is 11.6 Å². The number of pyridine rings is 1. The maximum absolute atomic E-state index is 15.7. The summed E-state index contributed by atoms with van der Waals surface area (Å²) >= 11 is 0. The van der Waals surface area contributed by atoms with E-state index in [1.165, 1.54) is 30.3 Å². The highest BCUT2D eigenvalue weighted by Gasteiger charge is 2.28. The molecule has 0 saturated heterocycles. The van der Waals surface area contributed by atoms with Crippen LogP contribution >= 0.6 is 0 Å². The molecule has 3 aromatic rings. The van der Waals surface area contributed by atoms with Crippen molar-refractivity contribution in [2.45, 2.75) is 38.0 Å². The van der Waals surface area contributed by atoms with E-state index < -0.39 is 49.2 Å². The summed E-state index contributed by atoms with van der Waals surface area (Å²) in [4.78, 5) is 3.98. The summed E-state index contributed by atoms with van der Waals surface area (Å²) in [6.07, 6.45) is 4.45. The Morgan fingerprint density at radius 1 is 1.09 bits per heavy atom. The van der Waals surface area contributed by atoms with Crippen LogP contribution in [0.3, 0.4) is 0 Å². The number of nitrogens with zero attached hydrogens (tertiary/aromatic N) is 1. The summed E-state index contributed by atoms with van der Waals surface area (Å²) in [7, 11) is -5.09. The van der Waals surface area contributed by atoms with Gasteiger partial charge in [-0.25, -0.2) is 26.1 Å². The number of nitrogens with one attached hydrogen (secondary N) is 2. The second-order valence-electron chi connectivity index (χ2n) is 8.89. The quantitative estimate of drug-likeness (QED) is 0.418. The highest BCUT2D eigenvalue weighted by atomic mass is 32.2. The molecule has 0 aliphatic rings. The lowest BCUT2D eigenvalue weighted by Gasteiger charge is -2.25. The van der Waals surface area contributed by atoms with Gasteiger partial charge in [-0.05, 0) is 63.1 Å². The van der Waals surface area contributed by atoms with Crippen LogP contribution in [-0.2, 0) is 27.4 Å². The van der Waals surface area contributed by atoms with Crippen LogP contribution in [0.1, 0.15) is 37.9 Å². The normalized spacial score (nSPS) is 13.8. The monoisotopic (exact) mass is 523 g/mol. The molecule has 2 N–H and O–H groups in total. The van der Waals surface area contributed by atoms with E-state index in [1.54, 1.807) is 45.3 Å². The number of rotatable bonds is 9. The molecule has 0 bridgehead atoms. The minimum Gasteiger partial charge on any atom is -0.451 e. The number of sulfonamides is 1. The molecule has 1 unspecified atom stereocenters. The summed E-state index contributed by atoms with van der Waals surface area (Å²) in [5.74, 6) is -2.51. The molecule has 35 heavy (non-hydrogen) atoms. The molecule has 3 rings (SSSR count). The van der Waals surface area contributed by atoms with Crippen LogP contribution in [0.25, 0.3) is 0 Å². The van der Waals surface area contributed by atoms with Crippen molar-refractivity contribution in [3.05, 3.63) is 83.7 Å². The van der Waals surface area contributed by atoms with Gasteiger partial charge in [0, 0.05) is 24.0 Å². The Balaban J connectivity index is 1.98. The minimum atomic E-state index is -3.55. The molecular weight excluding hydrogens is 496 g/mol. The maximum atomic E-state index is 15.7. The van der Waals surface area contributed by atoms with Gasteiger partial charge in [0.1, 0.15) is 5.75 Å². The fourth-order valence-corrected chi connectivity index (χ4v) is 4.52. The average Bonchev–Trinajstić information content (AvgIpc) is 2.75. The van der Waals surface area contributed by atoms with Gasteiger partial charge in [-0.3, -0.25) is 9.71 Å². The van der Waals surface area contributed by atoms with Gasteiger partial charge in [-0.1, -0.05) is 12.1 Å². The van der Waals surface area contributed by atoms with Gasteiger partial charge in [0.25, 0.3) is 0 Å². The lowest BCUT2D eigenvalue weighted by molar-refractivity contribution is 0.400. The summed E-state index contributed by atoms with van der Waals surface area (Å²) in [5, 5.41) is 0. The van der Waals surface area contributed by atoms with Crippen LogP contribution in [0.4, 0.5) is 14.5 Å². The number of benzene rings is 2. The van der Waals surface area contributed by atoms with E-state index in [0.29, 0.717) is 0 Å². The lowest BCUT2D eigenvalue weighted by atomic mass is 9.99. The van der Waals surface area contributed by atoms with Crippen molar-refractivity contribution in [3.8, 4) is 11.5 Å². The molecule has 1 aromatic heterocycles. The van der Waals surface area contributed by atoms with Gasteiger partial charge < -0.3 is 4.74 Å². The minimum absolute atomic E-state index is 0.0329. The Labute approximate surface area is 206 Å². The van der Waals surface area contributed by atoms with Crippen LogP contribution in [0.15, 0.2) is 60.9 Å². The van der Waals surface area contributed by atoms with Crippen LogP contribution in [-0.4, -0.2) is 28.6 Å². The molecule has 0 fully saturated rings. The van der Waals surface area contributed by atoms with Crippen molar-refractivity contribution in [1.29, 1.82) is 0 Å². The topological polar surface area (TPSA) is 97.4 Å².